The van der Waals surface area contributed by atoms with Crippen LogP contribution < -0.4 is 14.9 Å². The van der Waals surface area contributed by atoms with Crippen molar-refractivity contribution in [2.45, 2.75) is 25.9 Å². The number of hydrogen-bond donors (Lipinski definition) is 2. The Morgan fingerprint density at radius 3 is 2.57 bits per heavy atom. The van der Waals surface area contributed by atoms with Gasteiger partial charge in [0, 0.05) is 11.4 Å². The SMILES string of the molecule is CCOc1cc(/C=N\NC(=O)CSc2nc(C)cc(C)n2)cc(Br)c1OCC(=O)O. The molecule has 30 heavy (non-hydrogen) atoms. The highest BCUT2D eigenvalue weighted by molar-refractivity contribution is 9.10. The number of nitrogens with one attached hydrogen (secondary N) is 1. The van der Waals surface area contributed by atoms with Crippen molar-refractivity contribution in [2.75, 3.05) is 19.0 Å². The topological polar surface area (TPSA) is 123 Å². The average molecular weight is 497 g/mol. The number of nitrogens with zero attached hydrogens (tertiary/aromatic N) is 3. The maximum atomic E-state index is 12.0. The van der Waals surface area contributed by atoms with Crippen LogP contribution in [0, 0.1) is 13.8 Å². The smallest absolute Gasteiger partial charge is 0.341 e. The predicted molar refractivity (Wildman–Crippen MR) is 116 cm³/mol. The number of thioether (sulfide) groups is 1. The quantitative estimate of drug-likeness (QED) is 0.222. The van der Waals surface area contributed by atoms with E-state index in [0.717, 1.165) is 11.4 Å². The van der Waals surface area contributed by atoms with E-state index in [1.165, 1.54) is 18.0 Å². The number of halogens is 1. The molecule has 11 heteroatoms. The first-order valence-electron chi connectivity index (χ1n) is 8.86. The summed E-state index contributed by atoms with van der Waals surface area (Å²) in [5.41, 5.74) is 4.75. The third kappa shape index (κ3) is 7.64. The number of carboxylic acid groups (broad SMARTS) is 1. The van der Waals surface area contributed by atoms with Gasteiger partial charge < -0.3 is 14.6 Å². The molecule has 0 atom stereocenters. The number of ether oxygens (including phenoxy) is 2. The molecule has 1 aromatic heterocycles. The van der Waals surface area contributed by atoms with Crippen molar-refractivity contribution < 1.29 is 24.2 Å². The van der Waals surface area contributed by atoms with Gasteiger partial charge in [-0.1, -0.05) is 11.8 Å². The zero-order valence-corrected chi connectivity index (χ0v) is 19.0. The summed E-state index contributed by atoms with van der Waals surface area (Å²) < 4.78 is 11.3. The molecule has 0 spiro atoms. The van der Waals surface area contributed by atoms with Gasteiger partial charge in [-0.2, -0.15) is 5.10 Å². The van der Waals surface area contributed by atoms with Gasteiger partial charge in [0.1, 0.15) is 0 Å². The number of carbonyl (C=O) groups excluding carboxylic acids is 1. The standard InChI is InChI=1S/C19H21BrN4O5S/c1-4-28-15-7-13(6-14(20)18(15)29-9-17(26)27)8-21-24-16(25)10-30-19-22-11(2)5-12(3)23-19/h5-8H,4,9-10H2,1-3H3,(H,24,25)(H,26,27)/b21-8-. The Bertz CT molecular complexity index is 935. The fourth-order valence-corrected chi connectivity index (χ4v) is 3.61. The van der Waals surface area contributed by atoms with Crippen molar-refractivity contribution in [1.29, 1.82) is 0 Å². The normalized spacial score (nSPS) is 10.8. The molecule has 2 aromatic rings. The van der Waals surface area contributed by atoms with Crippen LogP contribution in [0.2, 0.25) is 0 Å². The average Bonchev–Trinajstić information content (AvgIpc) is 2.65. The molecule has 0 aliphatic heterocycles. The number of aliphatic carboxylic acids is 1. The molecule has 9 nitrogen and oxygen atoms in total. The second-order valence-electron chi connectivity index (χ2n) is 5.96. The number of carbonyl (C=O) groups is 2. The lowest BCUT2D eigenvalue weighted by Gasteiger charge is -2.13. The molecule has 1 aromatic carbocycles. The van der Waals surface area contributed by atoms with Gasteiger partial charge in [-0.3, -0.25) is 4.79 Å². The molecule has 160 valence electrons. The fraction of sp³-hybridized carbons (Fsp3) is 0.316. The summed E-state index contributed by atoms with van der Waals surface area (Å²) in [4.78, 5) is 31.3. The van der Waals surface area contributed by atoms with Crippen LogP contribution in [0.5, 0.6) is 11.5 Å². The molecule has 0 unspecified atom stereocenters. The summed E-state index contributed by atoms with van der Waals surface area (Å²) >= 11 is 4.56. The molecule has 0 aliphatic rings. The van der Waals surface area contributed by atoms with Crippen molar-refractivity contribution in [3.63, 3.8) is 0 Å². The first kappa shape index (κ1) is 23.6. The Labute approximate surface area is 186 Å². The highest BCUT2D eigenvalue weighted by Crippen LogP contribution is 2.36. The monoisotopic (exact) mass is 496 g/mol. The maximum Gasteiger partial charge on any atom is 0.341 e. The van der Waals surface area contributed by atoms with Crippen LogP contribution >= 0.6 is 27.7 Å². The summed E-state index contributed by atoms with van der Waals surface area (Å²) in [5, 5.41) is 13.3. The Hall–Kier alpha value is -2.66. The van der Waals surface area contributed by atoms with Crippen LogP contribution in [-0.4, -0.2) is 52.1 Å². The first-order valence-corrected chi connectivity index (χ1v) is 10.6. The van der Waals surface area contributed by atoms with Crippen LogP contribution in [0.1, 0.15) is 23.9 Å². The molecular formula is C19H21BrN4O5S. The van der Waals surface area contributed by atoms with Crippen LogP contribution in [0.25, 0.3) is 0 Å². The summed E-state index contributed by atoms with van der Waals surface area (Å²) in [6.07, 6.45) is 1.45. The molecule has 0 fully saturated rings. The molecule has 0 saturated heterocycles. The minimum absolute atomic E-state index is 0.121. The van der Waals surface area contributed by atoms with E-state index in [9.17, 15) is 9.59 Å². The lowest BCUT2D eigenvalue weighted by atomic mass is 10.2. The Morgan fingerprint density at radius 2 is 1.93 bits per heavy atom. The van der Waals surface area contributed by atoms with Gasteiger partial charge in [0.05, 0.1) is 23.0 Å². The van der Waals surface area contributed by atoms with E-state index in [4.69, 9.17) is 14.6 Å². The maximum absolute atomic E-state index is 12.0. The molecular weight excluding hydrogens is 476 g/mol. The van der Waals surface area contributed by atoms with Crippen LogP contribution in [0.3, 0.4) is 0 Å². The molecule has 0 radical (unpaired) electrons. The van der Waals surface area contributed by atoms with Crippen molar-refractivity contribution >= 4 is 45.8 Å². The fourth-order valence-electron chi connectivity index (χ4n) is 2.30. The summed E-state index contributed by atoms with van der Waals surface area (Å²) in [5.74, 6) is -0.629. The number of amides is 1. The van der Waals surface area contributed by atoms with Gasteiger partial charge in [-0.15, -0.1) is 0 Å². The zero-order valence-electron chi connectivity index (χ0n) is 16.6. The van der Waals surface area contributed by atoms with Gasteiger partial charge in [-0.05, 0) is 60.5 Å². The second kappa shape index (κ2) is 11.5. The number of carboxylic acids is 1. The predicted octanol–water partition coefficient (Wildman–Crippen LogP) is 2.96. The highest BCUT2D eigenvalue weighted by Gasteiger charge is 2.13. The number of aryl methyl sites for hydroxylation is 2. The molecule has 1 amide bonds. The third-order valence-corrected chi connectivity index (χ3v) is 4.81. The van der Waals surface area contributed by atoms with Crippen LogP contribution in [-0.2, 0) is 9.59 Å². The van der Waals surface area contributed by atoms with E-state index in [2.05, 4.69) is 36.4 Å². The largest absolute Gasteiger partial charge is 0.490 e. The number of hydrogen-bond acceptors (Lipinski definition) is 8. The van der Waals surface area contributed by atoms with E-state index >= 15 is 0 Å². The molecule has 1 heterocycles. The minimum atomic E-state index is -1.10. The number of hydrazone groups is 1. The lowest BCUT2D eigenvalue weighted by molar-refractivity contribution is -0.139. The van der Waals surface area contributed by atoms with Gasteiger partial charge in [0.15, 0.2) is 23.3 Å². The number of rotatable bonds is 10. The van der Waals surface area contributed by atoms with E-state index in [1.807, 2.05) is 19.9 Å². The van der Waals surface area contributed by atoms with Gasteiger partial charge >= 0.3 is 5.97 Å². The summed E-state index contributed by atoms with van der Waals surface area (Å²) in [7, 11) is 0. The first-order chi connectivity index (χ1) is 14.3. The van der Waals surface area contributed by atoms with Gasteiger partial charge in [-0.25, -0.2) is 20.2 Å². The third-order valence-electron chi connectivity index (χ3n) is 3.37. The highest BCUT2D eigenvalue weighted by atomic mass is 79.9. The molecule has 0 bridgehead atoms. The van der Waals surface area contributed by atoms with Crippen molar-refractivity contribution in [3.05, 3.63) is 39.6 Å². The molecule has 2 rings (SSSR count). The molecule has 0 aliphatic carbocycles. The minimum Gasteiger partial charge on any atom is -0.490 e. The van der Waals surface area contributed by atoms with Gasteiger partial charge in [0.25, 0.3) is 5.91 Å². The number of aromatic nitrogens is 2. The summed E-state index contributed by atoms with van der Waals surface area (Å²) in [6, 6.07) is 5.17. The van der Waals surface area contributed by atoms with E-state index in [-0.39, 0.29) is 17.4 Å². The van der Waals surface area contributed by atoms with Crippen molar-refractivity contribution in [2.24, 2.45) is 5.10 Å². The van der Waals surface area contributed by atoms with E-state index in [0.29, 0.717) is 27.5 Å². The van der Waals surface area contributed by atoms with Crippen molar-refractivity contribution in [1.82, 2.24) is 15.4 Å². The van der Waals surface area contributed by atoms with Crippen LogP contribution in [0.4, 0.5) is 0 Å². The Kier molecular flexibility index (Phi) is 9.06. The lowest BCUT2D eigenvalue weighted by Crippen LogP contribution is -2.19. The van der Waals surface area contributed by atoms with E-state index in [1.54, 1.807) is 19.1 Å². The van der Waals surface area contributed by atoms with Crippen molar-refractivity contribution in [3.8, 4) is 11.5 Å². The Balaban J connectivity index is 1.98. The molecule has 2 N–H and O–H groups in total. The van der Waals surface area contributed by atoms with Crippen LogP contribution in [0.15, 0.2) is 32.9 Å². The van der Waals surface area contributed by atoms with Gasteiger partial charge in [0.2, 0.25) is 0 Å². The Morgan fingerprint density at radius 1 is 1.23 bits per heavy atom. The zero-order chi connectivity index (χ0) is 22.1. The number of benzene rings is 1. The second-order valence-corrected chi connectivity index (χ2v) is 7.76. The molecule has 0 saturated carbocycles. The van der Waals surface area contributed by atoms with E-state index < -0.39 is 12.6 Å². The summed E-state index contributed by atoms with van der Waals surface area (Å²) in [6.45, 7) is 5.41.